The summed E-state index contributed by atoms with van der Waals surface area (Å²) in [5.41, 5.74) is -1.63. The molecule has 0 spiro atoms. The third-order valence-electron chi connectivity index (χ3n) is 18.5. The molecule has 568 valence electrons. The van der Waals surface area contributed by atoms with Crippen molar-refractivity contribution in [3.8, 4) is 0 Å². The van der Waals surface area contributed by atoms with Gasteiger partial charge in [-0.15, -0.1) is 0 Å². The standard InChI is InChI=1S/C72H129N11O15S/c1-27-31-33-46(15)59(84)58-63(88)75-50(29-3)65(90)81(24)55(40-99-35-34-49(32-28-2)71(96)98-30-4)68(93)80(23)54(39-72(18,19)97)62(87)76-56(44(11)12)69(94)77(20)51(36-41(5)6)61(86)73-47(16)60(85)74-48(17)64(89)78(21)52(37-42(7)8)66(91)79(22)53(38-43(9)10)67(92)82(25)57(45(13)14)70(95)83(58)26/h27,31,41-59,84,97H,28-30,32-40H2,1-26H3,(H,73,86)(H,74,85)(H,75,88)(H,76,87)/b31-27+/t46-,47+,48-,49+,50+,51+,52+,53+,54+,55-,56+,57+,58+,59-/m1/s1. The van der Waals surface area contributed by atoms with E-state index in [-0.39, 0.29) is 74.6 Å². The molecule has 11 amide bonds. The van der Waals surface area contributed by atoms with E-state index >= 15 is 33.6 Å². The predicted octanol–water partition coefficient (Wildman–Crippen LogP) is 4.86. The number of hydrogen-bond donors (Lipinski definition) is 6. The average molecular weight is 1420 g/mol. The van der Waals surface area contributed by atoms with Crippen LogP contribution in [0.5, 0.6) is 0 Å². The summed E-state index contributed by atoms with van der Waals surface area (Å²) in [6.07, 6.45) is 3.72. The summed E-state index contributed by atoms with van der Waals surface area (Å²) in [7, 11) is 9.74. The smallest absolute Gasteiger partial charge is 0.308 e. The largest absolute Gasteiger partial charge is 0.466 e. The summed E-state index contributed by atoms with van der Waals surface area (Å²) in [5.74, 6) is -11.3. The van der Waals surface area contributed by atoms with Crippen molar-refractivity contribution in [1.29, 1.82) is 0 Å². The molecule has 99 heavy (non-hydrogen) atoms. The van der Waals surface area contributed by atoms with Gasteiger partial charge in [0.2, 0.25) is 65.0 Å². The first-order valence-electron chi connectivity index (χ1n) is 35.7. The molecule has 27 heteroatoms. The van der Waals surface area contributed by atoms with E-state index in [4.69, 9.17) is 4.74 Å². The number of rotatable bonds is 24. The van der Waals surface area contributed by atoms with Crippen LogP contribution in [-0.4, -0.2) is 261 Å². The van der Waals surface area contributed by atoms with Crippen molar-refractivity contribution in [1.82, 2.24) is 55.6 Å². The number of carbonyl (C=O) groups excluding carboxylic acids is 12. The van der Waals surface area contributed by atoms with Gasteiger partial charge >= 0.3 is 5.97 Å². The Balaban J connectivity index is 4.63. The quantitative estimate of drug-likeness (QED) is 0.0427. The van der Waals surface area contributed by atoms with Crippen molar-refractivity contribution in [3.05, 3.63) is 12.2 Å². The molecule has 0 aromatic carbocycles. The number of likely N-dealkylation sites (N-methyl/N-ethyl adjacent to an activating group) is 7. The number of amides is 11. The maximum absolute atomic E-state index is 15.5. The predicted molar refractivity (Wildman–Crippen MR) is 386 cm³/mol. The summed E-state index contributed by atoms with van der Waals surface area (Å²) >= 11 is 1.26. The van der Waals surface area contributed by atoms with Crippen LogP contribution in [0, 0.1) is 41.4 Å². The van der Waals surface area contributed by atoms with Crippen molar-refractivity contribution >= 4 is 82.7 Å². The molecule has 0 bridgehead atoms. The Kier molecular flexibility index (Phi) is 38.6. The van der Waals surface area contributed by atoms with Crippen LogP contribution in [0.25, 0.3) is 0 Å². The number of aliphatic hydroxyl groups is 2. The summed E-state index contributed by atoms with van der Waals surface area (Å²) in [6, 6.07) is -14.8. The molecule has 14 atom stereocenters. The lowest BCUT2D eigenvalue weighted by Crippen LogP contribution is -2.64. The van der Waals surface area contributed by atoms with Gasteiger partial charge in [-0.25, -0.2) is 0 Å². The lowest BCUT2D eigenvalue weighted by molar-refractivity contribution is -0.157. The molecular weight excluding hydrogens is 1290 g/mol. The van der Waals surface area contributed by atoms with Crippen molar-refractivity contribution in [2.24, 2.45) is 41.4 Å². The topological polar surface area (TPSA) is 325 Å². The number of aliphatic hydroxyl groups excluding tert-OH is 1. The fourth-order valence-corrected chi connectivity index (χ4v) is 13.6. The maximum Gasteiger partial charge on any atom is 0.308 e. The normalized spacial score (nSPS) is 25.9. The number of ether oxygens (including phenoxy) is 1. The van der Waals surface area contributed by atoms with Gasteiger partial charge in [0.05, 0.1) is 24.2 Å². The molecule has 1 saturated heterocycles. The highest BCUT2D eigenvalue weighted by Gasteiger charge is 2.47. The number of nitrogens with one attached hydrogen (secondary N) is 4. The van der Waals surface area contributed by atoms with Crippen LogP contribution in [0.3, 0.4) is 0 Å². The zero-order valence-corrected chi connectivity index (χ0v) is 65.7. The second-order valence-corrected chi connectivity index (χ2v) is 30.9. The molecule has 0 aliphatic carbocycles. The number of thioether (sulfide) groups is 1. The summed E-state index contributed by atoms with van der Waals surface area (Å²) in [5, 5.41) is 34.8. The minimum absolute atomic E-state index is 0.0709. The second kappa shape index (κ2) is 42.2. The van der Waals surface area contributed by atoms with E-state index in [9.17, 15) is 34.2 Å². The van der Waals surface area contributed by atoms with Gasteiger partial charge in [0, 0.05) is 61.5 Å². The first-order valence-corrected chi connectivity index (χ1v) is 36.8. The molecular formula is C72H129N11O15S. The molecule has 1 rings (SSSR count). The number of hydrogen-bond acceptors (Lipinski definition) is 16. The fourth-order valence-electron chi connectivity index (χ4n) is 12.4. The molecule has 0 unspecified atom stereocenters. The highest BCUT2D eigenvalue weighted by Crippen LogP contribution is 2.28. The van der Waals surface area contributed by atoms with Crippen LogP contribution in [0.2, 0.25) is 0 Å². The fraction of sp³-hybridized carbons (Fsp3) is 0.806. The molecule has 1 fully saturated rings. The highest BCUT2D eigenvalue weighted by molar-refractivity contribution is 7.99. The molecule has 0 aromatic rings. The van der Waals surface area contributed by atoms with Gasteiger partial charge in [-0.2, -0.15) is 11.8 Å². The Hall–Kier alpha value is -6.35. The number of esters is 1. The molecule has 0 radical (unpaired) electrons. The van der Waals surface area contributed by atoms with Crippen molar-refractivity contribution in [3.63, 3.8) is 0 Å². The molecule has 0 saturated carbocycles. The van der Waals surface area contributed by atoms with Crippen LogP contribution in [0.1, 0.15) is 189 Å². The molecule has 1 heterocycles. The Labute approximate surface area is 596 Å². The Morgan fingerprint density at radius 2 is 0.990 bits per heavy atom. The molecule has 26 nitrogen and oxygen atoms in total. The van der Waals surface area contributed by atoms with E-state index in [1.54, 1.807) is 67.5 Å². The van der Waals surface area contributed by atoms with Crippen LogP contribution >= 0.6 is 11.8 Å². The van der Waals surface area contributed by atoms with Crippen LogP contribution < -0.4 is 21.3 Å². The van der Waals surface area contributed by atoms with Crippen molar-refractivity contribution in [2.45, 2.75) is 268 Å². The lowest BCUT2D eigenvalue weighted by Gasteiger charge is -2.41. The minimum Gasteiger partial charge on any atom is -0.466 e. The lowest BCUT2D eigenvalue weighted by atomic mass is 9.91. The number of nitrogens with zero attached hydrogens (tertiary/aromatic N) is 7. The maximum atomic E-state index is 15.5. The minimum atomic E-state index is -1.70. The second-order valence-electron chi connectivity index (χ2n) is 29.8. The van der Waals surface area contributed by atoms with Gasteiger partial charge in [0.1, 0.15) is 66.5 Å². The molecule has 1 aliphatic heterocycles. The molecule has 1 aliphatic rings. The number of carbonyl (C=O) groups is 12. The monoisotopic (exact) mass is 1420 g/mol. The van der Waals surface area contributed by atoms with E-state index in [1.807, 2.05) is 48.5 Å². The third kappa shape index (κ3) is 26.8. The van der Waals surface area contributed by atoms with Crippen molar-refractivity contribution in [2.75, 3.05) is 67.4 Å². The van der Waals surface area contributed by atoms with Crippen LogP contribution in [0.15, 0.2) is 12.2 Å². The van der Waals surface area contributed by atoms with Crippen molar-refractivity contribution < 1.29 is 72.5 Å². The highest BCUT2D eigenvalue weighted by atomic mass is 32.2. The van der Waals surface area contributed by atoms with E-state index in [0.717, 1.165) is 14.7 Å². The molecule has 6 N–H and O–H groups in total. The first kappa shape index (κ1) is 90.7. The molecule has 0 aromatic heterocycles. The Bertz CT molecular complexity index is 2720. The zero-order valence-electron chi connectivity index (χ0n) is 64.9. The van der Waals surface area contributed by atoms with E-state index in [2.05, 4.69) is 21.3 Å². The van der Waals surface area contributed by atoms with E-state index in [1.165, 1.54) is 108 Å². The van der Waals surface area contributed by atoms with E-state index < -0.39 is 167 Å². The first-order chi connectivity index (χ1) is 45.8. The Morgan fingerprint density at radius 1 is 0.535 bits per heavy atom. The van der Waals surface area contributed by atoms with E-state index in [0.29, 0.717) is 25.0 Å². The SMILES string of the molecule is C/C=C/C[C@@H](C)[C@@H](O)[C@H]1C(=O)N[C@@H](CC)C(=O)N(C)[C@H](CSCC[C@H](CCC)C(=O)OCC)C(=O)N(C)[C@@H](CC(C)(C)O)C(=O)N[C@@H](C(C)C)C(=O)N(C)[C@@H](CC(C)C)C(=O)N[C@@H](C)C(=O)N[C@H](C)C(=O)N(C)[C@@H](CC(C)C)C(=O)N(C)[C@@H](CC(C)C)C(=O)N(C)[C@@H](C(C)C)C(=O)N1C. The summed E-state index contributed by atoms with van der Waals surface area (Å²) in [6.45, 7) is 32.6. The number of allylic oxidation sites excluding steroid dienone is 2. The third-order valence-corrected chi connectivity index (χ3v) is 19.6. The van der Waals surface area contributed by atoms with Gasteiger partial charge in [0.25, 0.3) is 0 Å². The van der Waals surface area contributed by atoms with Crippen LogP contribution in [0.4, 0.5) is 0 Å². The Morgan fingerprint density at radius 3 is 1.46 bits per heavy atom. The zero-order chi connectivity index (χ0) is 76.6. The van der Waals surface area contributed by atoms with Gasteiger partial charge in [-0.05, 0) is 128 Å². The van der Waals surface area contributed by atoms with Gasteiger partial charge in [-0.1, -0.05) is 109 Å². The average Bonchev–Trinajstić information content (AvgIpc) is 0.806. The van der Waals surface area contributed by atoms with Gasteiger partial charge in [0.15, 0.2) is 0 Å². The van der Waals surface area contributed by atoms with Crippen LogP contribution in [-0.2, 0) is 62.3 Å². The summed E-state index contributed by atoms with van der Waals surface area (Å²) < 4.78 is 5.37. The summed E-state index contributed by atoms with van der Waals surface area (Å²) in [4.78, 5) is 186. The van der Waals surface area contributed by atoms with Gasteiger partial charge in [-0.3, -0.25) is 57.5 Å². The van der Waals surface area contributed by atoms with Gasteiger partial charge < -0.3 is 70.5 Å².